The lowest BCUT2D eigenvalue weighted by molar-refractivity contribution is -0.120. The quantitative estimate of drug-likeness (QED) is 0.731. The van der Waals surface area contributed by atoms with Crippen LogP contribution in [-0.2, 0) is 17.9 Å². The van der Waals surface area contributed by atoms with Crippen molar-refractivity contribution in [2.75, 3.05) is 0 Å². The van der Waals surface area contributed by atoms with Crippen LogP contribution in [0.2, 0.25) is 0 Å². The number of amides is 3. The van der Waals surface area contributed by atoms with E-state index >= 15 is 0 Å². The fraction of sp³-hybridized carbons (Fsp3) is 0.125. The Bertz CT molecular complexity index is 930. The molecule has 3 rings (SSSR count). The Morgan fingerprint density at radius 3 is 2.54 bits per heavy atom. The van der Waals surface area contributed by atoms with E-state index < -0.39 is 17.6 Å². The van der Waals surface area contributed by atoms with Crippen molar-refractivity contribution in [2.45, 2.75) is 13.1 Å². The second-order valence-electron chi connectivity index (χ2n) is 5.09. The minimum absolute atomic E-state index is 0.300. The first kappa shape index (κ1) is 15.5. The highest BCUT2D eigenvalue weighted by atomic mass is 16.2. The van der Waals surface area contributed by atoms with Crippen molar-refractivity contribution >= 4 is 17.6 Å². The molecule has 0 bridgehead atoms. The Labute approximate surface area is 136 Å². The zero-order chi connectivity index (χ0) is 16.9. The normalized spacial score (nSPS) is 10.5. The number of aromatic nitrogens is 3. The molecule has 0 spiro atoms. The van der Waals surface area contributed by atoms with Crippen molar-refractivity contribution in [3.05, 3.63) is 70.8 Å². The van der Waals surface area contributed by atoms with Crippen LogP contribution in [0.3, 0.4) is 0 Å². The topological polar surface area (TPSA) is 97.5 Å². The number of imide groups is 1. The first-order valence-electron chi connectivity index (χ1n) is 7.29. The third-order valence-electron chi connectivity index (χ3n) is 3.33. The van der Waals surface area contributed by atoms with Crippen LogP contribution in [0.25, 0.3) is 5.65 Å². The highest BCUT2D eigenvalue weighted by Gasteiger charge is 2.12. The van der Waals surface area contributed by atoms with Crippen LogP contribution in [0.15, 0.2) is 59.5 Å². The molecule has 0 fully saturated rings. The number of nitrogens with one attached hydrogen (secondary N) is 2. The minimum Gasteiger partial charge on any atom is -0.334 e. The van der Waals surface area contributed by atoms with E-state index in [9.17, 15) is 14.4 Å². The number of hydrogen-bond donors (Lipinski definition) is 2. The summed E-state index contributed by atoms with van der Waals surface area (Å²) >= 11 is 0. The largest absolute Gasteiger partial charge is 0.350 e. The lowest BCUT2D eigenvalue weighted by Gasteiger charge is -2.06. The Balaban J connectivity index is 1.57. The Morgan fingerprint density at radius 1 is 1.04 bits per heavy atom. The molecule has 3 amide bonds. The van der Waals surface area contributed by atoms with Crippen molar-refractivity contribution in [1.29, 1.82) is 0 Å². The molecule has 0 saturated carbocycles. The van der Waals surface area contributed by atoms with Crippen LogP contribution < -0.4 is 16.3 Å². The average molecular weight is 325 g/mol. The summed E-state index contributed by atoms with van der Waals surface area (Å²) in [6.07, 6.45) is 1.56. The standard InChI is InChI=1S/C16H15N5O3/c22-14(18-15(23)17-10-12-6-2-1-3-7-12)11-21-16(24)20-9-5-4-8-13(20)19-21/h1-9H,10-11H2,(H2,17,18,22,23). The number of benzene rings is 1. The van der Waals surface area contributed by atoms with Crippen LogP contribution in [0.1, 0.15) is 5.56 Å². The highest BCUT2D eigenvalue weighted by molar-refractivity contribution is 5.94. The molecule has 8 nitrogen and oxygen atoms in total. The van der Waals surface area contributed by atoms with Gasteiger partial charge < -0.3 is 5.32 Å². The molecule has 24 heavy (non-hydrogen) atoms. The van der Waals surface area contributed by atoms with Gasteiger partial charge in [-0.25, -0.2) is 14.3 Å². The van der Waals surface area contributed by atoms with Gasteiger partial charge in [-0.05, 0) is 17.7 Å². The van der Waals surface area contributed by atoms with Crippen LogP contribution in [0, 0.1) is 0 Å². The summed E-state index contributed by atoms with van der Waals surface area (Å²) in [4.78, 5) is 35.6. The maximum Gasteiger partial charge on any atom is 0.350 e. The predicted molar refractivity (Wildman–Crippen MR) is 86.3 cm³/mol. The van der Waals surface area contributed by atoms with E-state index in [1.165, 1.54) is 4.40 Å². The Morgan fingerprint density at radius 2 is 1.79 bits per heavy atom. The van der Waals surface area contributed by atoms with E-state index in [2.05, 4.69) is 15.7 Å². The van der Waals surface area contributed by atoms with Gasteiger partial charge in [0.05, 0.1) is 0 Å². The van der Waals surface area contributed by atoms with Crippen molar-refractivity contribution < 1.29 is 9.59 Å². The zero-order valence-corrected chi connectivity index (χ0v) is 12.7. The van der Waals surface area contributed by atoms with Gasteiger partial charge in [0.25, 0.3) is 0 Å². The van der Waals surface area contributed by atoms with E-state index in [0.717, 1.165) is 10.2 Å². The smallest absolute Gasteiger partial charge is 0.334 e. The number of rotatable bonds is 4. The van der Waals surface area contributed by atoms with Crippen molar-refractivity contribution in [3.8, 4) is 0 Å². The lowest BCUT2D eigenvalue weighted by atomic mass is 10.2. The van der Waals surface area contributed by atoms with Crippen LogP contribution in [-0.4, -0.2) is 26.1 Å². The van der Waals surface area contributed by atoms with Crippen LogP contribution in [0.4, 0.5) is 4.79 Å². The van der Waals surface area contributed by atoms with Crippen molar-refractivity contribution in [1.82, 2.24) is 24.8 Å². The molecule has 122 valence electrons. The average Bonchev–Trinajstić information content (AvgIpc) is 2.90. The van der Waals surface area contributed by atoms with Gasteiger partial charge in [-0.1, -0.05) is 36.4 Å². The monoisotopic (exact) mass is 325 g/mol. The SMILES string of the molecule is O=C(Cn1nc2ccccn2c1=O)NC(=O)NCc1ccccc1. The molecule has 2 N–H and O–H groups in total. The number of fused-ring (bicyclic) bond motifs is 1. The molecule has 8 heteroatoms. The molecule has 2 aromatic heterocycles. The third-order valence-corrected chi connectivity index (χ3v) is 3.33. The van der Waals surface area contributed by atoms with Gasteiger partial charge in [-0.15, -0.1) is 5.10 Å². The van der Waals surface area contributed by atoms with Gasteiger partial charge in [0.2, 0.25) is 5.91 Å². The minimum atomic E-state index is -0.624. The van der Waals surface area contributed by atoms with Crippen molar-refractivity contribution in [3.63, 3.8) is 0 Å². The maximum absolute atomic E-state index is 12.0. The van der Waals surface area contributed by atoms with E-state index in [1.807, 2.05) is 30.3 Å². The van der Waals surface area contributed by atoms with Gasteiger partial charge in [-0.3, -0.25) is 14.5 Å². The molecule has 0 atom stereocenters. The molecule has 0 aliphatic rings. The second kappa shape index (κ2) is 6.78. The number of urea groups is 1. The van der Waals surface area contributed by atoms with Gasteiger partial charge >= 0.3 is 11.7 Å². The highest BCUT2D eigenvalue weighted by Crippen LogP contribution is 1.97. The number of carbonyl (C=O) groups is 2. The number of nitrogens with zero attached hydrogens (tertiary/aromatic N) is 3. The van der Waals surface area contributed by atoms with E-state index in [4.69, 9.17) is 0 Å². The molecule has 0 aliphatic heterocycles. The van der Waals surface area contributed by atoms with Gasteiger partial charge in [-0.2, -0.15) is 0 Å². The molecule has 0 unspecified atom stereocenters. The van der Waals surface area contributed by atoms with E-state index in [0.29, 0.717) is 12.2 Å². The summed E-state index contributed by atoms with van der Waals surface area (Å²) in [5.74, 6) is -0.619. The zero-order valence-electron chi connectivity index (χ0n) is 12.7. The van der Waals surface area contributed by atoms with Gasteiger partial charge in [0.15, 0.2) is 5.65 Å². The molecule has 1 aromatic carbocycles. The van der Waals surface area contributed by atoms with E-state index in [1.54, 1.807) is 24.4 Å². The fourth-order valence-corrected chi connectivity index (χ4v) is 2.20. The Kier molecular flexibility index (Phi) is 4.37. The number of carbonyl (C=O) groups excluding carboxylic acids is 2. The van der Waals surface area contributed by atoms with Gasteiger partial charge in [0.1, 0.15) is 6.54 Å². The second-order valence-corrected chi connectivity index (χ2v) is 5.09. The lowest BCUT2D eigenvalue weighted by Crippen LogP contribution is -2.42. The molecular formula is C16H15N5O3. The maximum atomic E-state index is 12.0. The Hall–Kier alpha value is -3.42. The molecule has 0 saturated heterocycles. The molecule has 0 aliphatic carbocycles. The first-order valence-corrected chi connectivity index (χ1v) is 7.29. The predicted octanol–water partition coefficient (Wildman–Crippen LogP) is 0.522. The summed E-state index contributed by atoms with van der Waals surface area (Å²) in [6, 6.07) is 13.8. The number of pyridine rings is 1. The summed E-state index contributed by atoms with van der Waals surface area (Å²) < 4.78 is 2.33. The van der Waals surface area contributed by atoms with E-state index in [-0.39, 0.29) is 6.54 Å². The van der Waals surface area contributed by atoms with Crippen molar-refractivity contribution in [2.24, 2.45) is 0 Å². The summed E-state index contributed by atoms with van der Waals surface area (Å²) in [6.45, 7) is -0.0342. The molecular weight excluding hydrogens is 310 g/mol. The molecule has 3 aromatic rings. The van der Waals surface area contributed by atoms with Crippen LogP contribution in [0.5, 0.6) is 0 Å². The summed E-state index contributed by atoms with van der Waals surface area (Å²) in [7, 11) is 0. The van der Waals surface area contributed by atoms with Crippen LogP contribution >= 0.6 is 0 Å². The number of hydrogen-bond acceptors (Lipinski definition) is 4. The third kappa shape index (κ3) is 3.49. The molecule has 0 radical (unpaired) electrons. The summed E-state index contributed by atoms with van der Waals surface area (Å²) in [5, 5.41) is 8.77. The molecule has 2 heterocycles. The fourth-order valence-electron chi connectivity index (χ4n) is 2.20. The summed E-state index contributed by atoms with van der Waals surface area (Å²) in [5.41, 5.74) is 0.908. The van der Waals surface area contributed by atoms with Gasteiger partial charge in [0, 0.05) is 12.7 Å². The first-order chi connectivity index (χ1) is 11.6.